The number of hydrazine groups is 1. The molecule has 2 rings (SSSR count). The fourth-order valence-electron chi connectivity index (χ4n) is 3.77. The number of ether oxygens (including phenoxy) is 1. The number of rotatable bonds is 6. The third-order valence-electron chi connectivity index (χ3n) is 4.65. The minimum Gasteiger partial charge on any atom is -0.377 e. The van der Waals surface area contributed by atoms with Crippen molar-refractivity contribution in [3.63, 3.8) is 0 Å². The maximum Gasteiger partial charge on any atom is 0.0713 e. The zero-order valence-electron chi connectivity index (χ0n) is 10.6. The van der Waals surface area contributed by atoms with Crippen LogP contribution in [0.15, 0.2) is 0 Å². The van der Waals surface area contributed by atoms with E-state index >= 15 is 0 Å². The van der Waals surface area contributed by atoms with E-state index in [0.717, 1.165) is 24.4 Å². The molecule has 2 aliphatic rings. The monoisotopic (exact) mass is 226 g/mol. The minimum absolute atomic E-state index is 0.231. The smallest absolute Gasteiger partial charge is 0.0713 e. The van der Waals surface area contributed by atoms with Gasteiger partial charge in [0.1, 0.15) is 0 Å². The van der Waals surface area contributed by atoms with Crippen LogP contribution in [0.3, 0.4) is 0 Å². The highest BCUT2D eigenvalue weighted by Crippen LogP contribution is 2.49. The van der Waals surface area contributed by atoms with Gasteiger partial charge in [0, 0.05) is 12.6 Å². The summed E-state index contributed by atoms with van der Waals surface area (Å²) in [6, 6.07) is 0.323. The van der Waals surface area contributed by atoms with Crippen molar-refractivity contribution in [2.24, 2.45) is 23.6 Å². The summed E-state index contributed by atoms with van der Waals surface area (Å²) in [5, 5.41) is 0. The van der Waals surface area contributed by atoms with Gasteiger partial charge in [0.05, 0.1) is 6.10 Å². The van der Waals surface area contributed by atoms with Crippen molar-refractivity contribution in [1.29, 1.82) is 0 Å². The highest BCUT2D eigenvalue weighted by Gasteiger charge is 2.40. The molecule has 3 nitrogen and oxygen atoms in total. The first-order valence-corrected chi connectivity index (χ1v) is 6.82. The Kier molecular flexibility index (Phi) is 4.22. The Morgan fingerprint density at radius 2 is 2.19 bits per heavy atom. The molecule has 3 N–H and O–H groups in total. The lowest BCUT2D eigenvalue weighted by Gasteiger charge is -2.29. The van der Waals surface area contributed by atoms with Crippen molar-refractivity contribution < 1.29 is 4.74 Å². The summed E-state index contributed by atoms with van der Waals surface area (Å²) < 4.78 is 5.64. The van der Waals surface area contributed by atoms with Gasteiger partial charge in [-0.3, -0.25) is 11.3 Å². The van der Waals surface area contributed by atoms with Crippen molar-refractivity contribution >= 4 is 0 Å². The second kappa shape index (κ2) is 5.48. The van der Waals surface area contributed by atoms with E-state index in [-0.39, 0.29) is 6.10 Å². The molecule has 0 aromatic rings. The van der Waals surface area contributed by atoms with Gasteiger partial charge in [0.2, 0.25) is 0 Å². The minimum atomic E-state index is 0.231. The second-order valence-corrected chi connectivity index (χ2v) is 5.60. The molecule has 0 amide bonds. The van der Waals surface area contributed by atoms with E-state index in [2.05, 4.69) is 12.3 Å². The molecule has 94 valence electrons. The van der Waals surface area contributed by atoms with E-state index in [4.69, 9.17) is 10.6 Å². The van der Waals surface area contributed by atoms with Crippen LogP contribution in [0.2, 0.25) is 0 Å². The molecule has 5 atom stereocenters. The van der Waals surface area contributed by atoms with Crippen LogP contribution in [0.25, 0.3) is 0 Å². The number of hydrogen-bond donors (Lipinski definition) is 2. The van der Waals surface area contributed by atoms with Gasteiger partial charge in [-0.25, -0.2) is 0 Å². The van der Waals surface area contributed by atoms with Crippen LogP contribution in [-0.2, 0) is 4.74 Å². The highest BCUT2D eigenvalue weighted by atomic mass is 16.5. The third-order valence-corrected chi connectivity index (χ3v) is 4.65. The zero-order valence-corrected chi connectivity index (χ0v) is 10.6. The molecule has 0 aromatic heterocycles. The predicted octanol–water partition coefficient (Wildman–Crippen LogP) is 2.07. The number of nitrogens with two attached hydrogens (primary N) is 1. The van der Waals surface area contributed by atoms with Gasteiger partial charge in [-0.15, -0.1) is 0 Å². The molecule has 0 radical (unpaired) electrons. The second-order valence-electron chi connectivity index (χ2n) is 5.60. The Balaban J connectivity index is 1.82. The summed E-state index contributed by atoms with van der Waals surface area (Å²) in [6.45, 7) is 4.94. The van der Waals surface area contributed by atoms with Crippen LogP contribution in [0.1, 0.15) is 46.0 Å². The van der Waals surface area contributed by atoms with E-state index in [1.165, 1.54) is 32.1 Å². The van der Waals surface area contributed by atoms with Crippen molar-refractivity contribution in [2.45, 2.75) is 58.1 Å². The molecule has 2 fully saturated rings. The van der Waals surface area contributed by atoms with Crippen LogP contribution < -0.4 is 11.3 Å². The van der Waals surface area contributed by atoms with E-state index in [1.54, 1.807) is 0 Å². The Morgan fingerprint density at radius 3 is 2.69 bits per heavy atom. The Labute approximate surface area is 99.1 Å². The summed E-state index contributed by atoms with van der Waals surface area (Å²) in [5.74, 6) is 8.55. The van der Waals surface area contributed by atoms with Gasteiger partial charge in [-0.2, -0.15) is 0 Å². The molecule has 2 bridgehead atoms. The third kappa shape index (κ3) is 2.58. The summed E-state index contributed by atoms with van der Waals surface area (Å²) in [6.07, 6.45) is 7.26. The first-order valence-electron chi connectivity index (χ1n) is 6.82. The molecule has 3 heteroatoms. The van der Waals surface area contributed by atoms with Crippen molar-refractivity contribution in [3.05, 3.63) is 0 Å². The Hall–Kier alpha value is -0.120. The molecule has 2 aliphatic carbocycles. The molecular formula is C13H26N2O. The molecule has 0 spiro atoms. The molecule has 0 aromatic carbocycles. The quantitative estimate of drug-likeness (QED) is 0.538. The van der Waals surface area contributed by atoms with Crippen molar-refractivity contribution in [2.75, 3.05) is 6.61 Å². The summed E-state index contributed by atoms with van der Waals surface area (Å²) in [7, 11) is 0. The van der Waals surface area contributed by atoms with E-state index in [9.17, 15) is 0 Å². The Morgan fingerprint density at radius 1 is 1.38 bits per heavy atom. The van der Waals surface area contributed by atoms with Gasteiger partial charge < -0.3 is 4.74 Å². The van der Waals surface area contributed by atoms with Gasteiger partial charge >= 0.3 is 0 Å². The lowest BCUT2D eigenvalue weighted by atomic mass is 9.83. The van der Waals surface area contributed by atoms with Gasteiger partial charge in [0.25, 0.3) is 0 Å². The Bertz CT molecular complexity index is 222. The average molecular weight is 226 g/mol. The predicted molar refractivity (Wildman–Crippen MR) is 65.8 cm³/mol. The van der Waals surface area contributed by atoms with Crippen LogP contribution in [-0.4, -0.2) is 18.8 Å². The maximum absolute atomic E-state index is 5.65. The van der Waals surface area contributed by atoms with Crippen LogP contribution in [0.5, 0.6) is 0 Å². The average Bonchev–Trinajstić information content (AvgIpc) is 2.87. The molecule has 0 aliphatic heterocycles. The lowest BCUT2D eigenvalue weighted by Crippen LogP contribution is -2.45. The van der Waals surface area contributed by atoms with Crippen LogP contribution in [0.4, 0.5) is 0 Å². The number of nitrogens with one attached hydrogen (secondary N) is 1. The SMILES string of the molecule is CCOC(C)C(CC1CC2CCC1C2)NN. The summed E-state index contributed by atoms with van der Waals surface area (Å²) in [5.41, 5.74) is 2.95. The molecule has 16 heavy (non-hydrogen) atoms. The first-order chi connectivity index (χ1) is 7.74. The van der Waals surface area contributed by atoms with Crippen molar-refractivity contribution in [3.8, 4) is 0 Å². The zero-order chi connectivity index (χ0) is 11.5. The topological polar surface area (TPSA) is 47.3 Å². The van der Waals surface area contributed by atoms with Gasteiger partial charge in [0.15, 0.2) is 0 Å². The van der Waals surface area contributed by atoms with E-state index < -0.39 is 0 Å². The standard InChI is InChI=1S/C13H26N2O/c1-3-16-9(2)13(15-14)8-12-7-10-4-5-11(12)6-10/h9-13,15H,3-8,14H2,1-2H3. The largest absolute Gasteiger partial charge is 0.377 e. The summed E-state index contributed by atoms with van der Waals surface area (Å²) >= 11 is 0. The first kappa shape index (κ1) is 12.3. The van der Waals surface area contributed by atoms with Gasteiger partial charge in [-0.1, -0.05) is 6.42 Å². The molecule has 5 unspecified atom stereocenters. The van der Waals surface area contributed by atoms with E-state index in [1.807, 2.05) is 6.92 Å². The van der Waals surface area contributed by atoms with Gasteiger partial charge in [-0.05, 0) is 57.3 Å². The lowest BCUT2D eigenvalue weighted by molar-refractivity contribution is 0.0375. The van der Waals surface area contributed by atoms with Crippen LogP contribution in [0, 0.1) is 17.8 Å². The number of fused-ring (bicyclic) bond motifs is 2. The molecule has 2 saturated carbocycles. The molecular weight excluding hydrogens is 200 g/mol. The van der Waals surface area contributed by atoms with Crippen molar-refractivity contribution in [1.82, 2.24) is 5.43 Å². The normalized spacial score (nSPS) is 36.6. The maximum atomic E-state index is 5.65. The van der Waals surface area contributed by atoms with Crippen LogP contribution >= 0.6 is 0 Å². The highest BCUT2D eigenvalue weighted by molar-refractivity contribution is 4.92. The summed E-state index contributed by atoms with van der Waals surface area (Å²) in [4.78, 5) is 0. The fraction of sp³-hybridized carbons (Fsp3) is 1.00. The van der Waals surface area contributed by atoms with E-state index in [0.29, 0.717) is 6.04 Å². The number of hydrogen-bond acceptors (Lipinski definition) is 3. The molecule has 0 heterocycles. The fourth-order valence-corrected chi connectivity index (χ4v) is 3.77. The molecule has 0 saturated heterocycles.